The molecule has 3 nitrogen and oxygen atoms in total. The summed E-state index contributed by atoms with van der Waals surface area (Å²) >= 11 is 0. The SMILES string of the molecule is C[C@@H](CN)c1ccc2c(c1)OCO2. The fourth-order valence-corrected chi connectivity index (χ4v) is 1.36. The van der Waals surface area contributed by atoms with Crippen LogP contribution in [0, 0.1) is 0 Å². The van der Waals surface area contributed by atoms with Gasteiger partial charge in [0.15, 0.2) is 11.5 Å². The van der Waals surface area contributed by atoms with Crippen LogP contribution in [-0.4, -0.2) is 13.3 Å². The van der Waals surface area contributed by atoms with Crippen molar-refractivity contribution in [2.45, 2.75) is 12.8 Å². The normalized spacial score (nSPS) is 15.8. The minimum Gasteiger partial charge on any atom is -0.454 e. The zero-order valence-corrected chi connectivity index (χ0v) is 7.62. The van der Waals surface area contributed by atoms with E-state index >= 15 is 0 Å². The average molecular weight is 179 g/mol. The van der Waals surface area contributed by atoms with Gasteiger partial charge < -0.3 is 15.2 Å². The van der Waals surface area contributed by atoms with Gasteiger partial charge in [0, 0.05) is 0 Å². The number of hydrogen-bond acceptors (Lipinski definition) is 3. The Kier molecular flexibility index (Phi) is 2.10. The summed E-state index contributed by atoms with van der Waals surface area (Å²) in [6, 6.07) is 5.97. The molecular formula is C10H13NO2. The average Bonchev–Trinajstić information content (AvgIpc) is 2.63. The van der Waals surface area contributed by atoms with Crippen molar-refractivity contribution in [3.05, 3.63) is 23.8 Å². The molecule has 0 amide bonds. The molecule has 2 rings (SSSR count). The van der Waals surface area contributed by atoms with E-state index < -0.39 is 0 Å². The van der Waals surface area contributed by atoms with Gasteiger partial charge in [-0.1, -0.05) is 13.0 Å². The number of benzene rings is 1. The first-order valence-electron chi connectivity index (χ1n) is 4.41. The molecule has 2 N–H and O–H groups in total. The number of hydrogen-bond donors (Lipinski definition) is 1. The molecule has 0 fully saturated rings. The van der Waals surface area contributed by atoms with Crippen molar-refractivity contribution >= 4 is 0 Å². The third-order valence-electron chi connectivity index (χ3n) is 2.32. The van der Waals surface area contributed by atoms with Crippen molar-refractivity contribution in [1.82, 2.24) is 0 Å². The maximum atomic E-state index is 5.58. The Bertz CT molecular complexity index is 312. The highest BCUT2D eigenvalue weighted by atomic mass is 16.7. The molecule has 3 heteroatoms. The minimum absolute atomic E-state index is 0.329. The topological polar surface area (TPSA) is 44.5 Å². The van der Waals surface area contributed by atoms with E-state index in [4.69, 9.17) is 15.2 Å². The second-order valence-corrected chi connectivity index (χ2v) is 3.25. The first-order valence-corrected chi connectivity index (χ1v) is 4.41. The Labute approximate surface area is 77.5 Å². The van der Waals surface area contributed by atoms with E-state index in [9.17, 15) is 0 Å². The Morgan fingerprint density at radius 1 is 1.38 bits per heavy atom. The lowest BCUT2D eigenvalue weighted by Gasteiger charge is -2.08. The van der Waals surface area contributed by atoms with Gasteiger partial charge in [-0.05, 0) is 30.2 Å². The molecule has 0 unspecified atom stereocenters. The fraction of sp³-hybridized carbons (Fsp3) is 0.400. The van der Waals surface area contributed by atoms with Crippen LogP contribution in [0.25, 0.3) is 0 Å². The number of fused-ring (bicyclic) bond motifs is 1. The van der Waals surface area contributed by atoms with E-state index in [0.29, 0.717) is 19.3 Å². The van der Waals surface area contributed by atoms with Crippen LogP contribution in [0.1, 0.15) is 18.4 Å². The fourth-order valence-electron chi connectivity index (χ4n) is 1.36. The summed E-state index contributed by atoms with van der Waals surface area (Å²) in [7, 11) is 0. The van der Waals surface area contributed by atoms with Crippen molar-refractivity contribution in [3.63, 3.8) is 0 Å². The van der Waals surface area contributed by atoms with E-state index in [1.165, 1.54) is 5.56 Å². The molecule has 0 saturated heterocycles. The molecular weight excluding hydrogens is 166 g/mol. The standard InChI is InChI=1S/C10H13NO2/c1-7(5-11)8-2-3-9-10(4-8)13-6-12-9/h2-4,7H,5-6,11H2,1H3/t7-/m0/s1. The van der Waals surface area contributed by atoms with Gasteiger partial charge >= 0.3 is 0 Å². The lowest BCUT2D eigenvalue weighted by molar-refractivity contribution is 0.174. The molecule has 70 valence electrons. The molecule has 1 aromatic rings. The quantitative estimate of drug-likeness (QED) is 0.747. The Morgan fingerprint density at radius 3 is 2.92 bits per heavy atom. The summed E-state index contributed by atoms with van der Waals surface area (Å²) in [5.74, 6) is 2.03. The summed E-state index contributed by atoms with van der Waals surface area (Å²) in [6.45, 7) is 3.08. The largest absolute Gasteiger partial charge is 0.454 e. The zero-order valence-electron chi connectivity index (χ0n) is 7.62. The van der Waals surface area contributed by atoms with Crippen LogP contribution in [0.2, 0.25) is 0 Å². The number of ether oxygens (including phenoxy) is 2. The van der Waals surface area contributed by atoms with Gasteiger partial charge in [-0.15, -0.1) is 0 Å². The first-order chi connectivity index (χ1) is 6.31. The van der Waals surface area contributed by atoms with E-state index in [1.807, 2.05) is 18.2 Å². The van der Waals surface area contributed by atoms with Crippen molar-refractivity contribution < 1.29 is 9.47 Å². The summed E-state index contributed by atoms with van der Waals surface area (Å²) in [5.41, 5.74) is 6.78. The molecule has 1 aliphatic heterocycles. The minimum atomic E-state index is 0.329. The van der Waals surface area contributed by atoms with Gasteiger partial charge in [0.2, 0.25) is 6.79 Å². The van der Waals surface area contributed by atoms with Crippen molar-refractivity contribution in [1.29, 1.82) is 0 Å². The maximum absolute atomic E-state index is 5.58. The van der Waals surface area contributed by atoms with Gasteiger partial charge in [0.1, 0.15) is 0 Å². The highest BCUT2D eigenvalue weighted by Gasteiger charge is 2.14. The molecule has 0 aliphatic carbocycles. The van der Waals surface area contributed by atoms with Crippen LogP contribution in [0.5, 0.6) is 11.5 Å². The van der Waals surface area contributed by atoms with Crippen molar-refractivity contribution in [2.24, 2.45) is 5.73 Å². The predicted octanol–water partition coefficient (Wildman–Crippen LogP) is 1.48. The summed E-state index contributed by atoms with van der Waals surface area (Å²) in [4.78, 5) is 0. The van der Waals surface area contributed by atoms with Crippen molar-refractivity contribution in [2.75, 3.05) is 13.3 Å². The van der Waals surface area contributed by atoms with Gasteiger partial charge in [-0.3, -0.25) is 0 Å². The molecule has 0 bridgehead atoms. The molecule has 0 saturated carbocycles. The van der Waals surface area contributed by atoms with Crippen LogP contribution in [0.15, 0.2) is 18.2 Å². The Morgan fingerprint density at radius 2 is 2.15 bits per heavy atom. The molecule has 13 heavy (non-hydrogen) atoms. The Balaban J connectivity index is 2.30. The van der Waals surface area contributed by atoms with Gasteiger partial charge in [-0.2, -0.15) is 0 Å². The first kappa shape index (κ1) is 8.38. The molecule has 1 aromatic carbocycles. The van der Waals surface area contributed by atoms with Crippen LogP contribution < -0.4 is 15.2 Å². The van der Waals surface area contributed by atoms with E-state index in [1.54, 1.807) is 0 Å². The number of rotatable bonds is 2. The highest BCUT2D eigenvalue weighted by molar-refractivity contribution is 5.45. The van der Waals surface area contributed by atoms with Crippen LogP contribution in [0.3, 0.4) is 0 Å². The summed E-state index contributed by atoms with van der Waals surface area (Å²) in [5, 5.41) is 0. The van der Waals surface area contributed by atoms with E-state index in [2.05, 4.69) is 6.92 Å². The van der Waals surface area contributed by atoms with Gasteiger partial charge in [0.05, 0.1) is 0 Å². The third-order valence-corrected chi connectivity index (χ3v) is 2.32. The van der Waals surface area contributed by atoms with Crippen LogP contribution in [0.4, 0.5) is 0 Å². The summed E-state index contributed by atoms with van der Waals surface area (Å²) < 4.78 is 10.5. The molecule has 1 aliphatic rings. The third kappa shape index (κ3) is 1.47. The van der Waals surface area contributed by atoms with Crippen LogP contribution >= 0.6 is 0 Å². The highest BCUT2D eigenvalue weighted by Crippen LogP contribution is 2.34. The smallest absolute Gasteiger partial charge is 0.231 e. The summed E-state index contributed by atoms with van der Waals surface area (Å²) in [6.07, 6.45) is 0. The van der Waals surface area contributed by atoms with Crippen molar-refractivity contribution in [3.8, 4) is 11.5 Å². The van der Waals surface area contributed by atoms with Gasteiger partial charge in [-0.25, -0.2) is 0 Å². The maximum Gasteiger partial charge on any atom is 0.231 e. The monoisotopic (exact) mass is 179 g/mol. The molecule has 1 atom stereocenters. The lowest BCUT2D eigenvalue weighted by atomic mass is 10.0. The molecule has 0 spiro atoms. The van der Waals surface area contributed by atoms with Gasteiger partial charge in [0.25, 0.3) is 0 Å². The number of nitrogens with two attached hydrogens (primary N) is 1. The second-order valence-electron chi connectivity index (χ2n) is 3.25. The molecule has 0 radical (unpaired) electrons. The van der Waals surface area contributed by atoms with E-state index in [-0.39, 0.29) is 0 Å². The lowest BCUT2D eigenvalue weighted by Crippen LogP contribution is -2.08. The van der Waals surface area contributed by atoms with E-state index in [0.717, 1.165) is 11.5 Å². The molecule has 0 aromatic heterocycles. The second kappa shape index (κ2) is 3.26. The zero-order chi connectivity index (χ0) is 9.26. The molecule has 1 heterocycles. The van der Waals surface area contributed by atoms with Crippen LogP contribution in [-0.2, 0) is 0 Å². The Hall–Kier alpha value is -1.22. The predicted molar refractivity (Wildman–Crippen MR) is 50.0 cm³/mol.